The number of carbonyl (C=O) groups excluding carboxylic acids is 2. The number of hydrogen-bond acceptors (Lipinski definition) is 5. The molecule has 0 unspecified atom stereocenters. The standard InChI is InChI=1S/C19H20N6O2.ClH/c1-2-21-18(26)12-9-16(22-14-6-4-3-5-11(12)14)23-19(27)17-13-10-20-8-7-15(13)24-25-17;/h3-6,9,20H,2,7-8,10H2,1H3,(H,21,26)(H,24,25)(H,22,23,27);1H. The number of anilines is 1. The van der Waals surface area contributed by atoms with E-state index in [-0.39, 0.29) is 24.2 Å². The van der Waals surface area contributed by atoms with Crippen molar-refractivity contribution in [2.24, 2.45) is 0 Å². The maximum absolute atomic E-state index is 12.7. The van der Waals surface area contributed by atoms with Crippen molar-refractivity contribution in [3.05, 3.63) is 52.8 Å². The summed E-state index contributed by atoms with van der Waals surface area (Å²) >= 11 is 0. The molecule has 2 aromatic heterocycles. The van der Waals surface area contributed by atoms with Gasteiger partial charge >= 0.3 is 0 Å². The van der Waals surface area contributed by atoms with E-state index in [0.29, 0.717) is 35.7 Å². The zero-order chi connectivity index (χ0) is 18.8. The predicted octanol–water partition coefficient (Wildman–Crippen LogP) is 2.03. The molecule has 146 valence electrons. The Bertz CT molecular complexity index is 1030. The lowest BCUT2D eigenvalue weighted by Crippen LogP contribution is -2.26. The van der Waals surface area contributed by atoms with Crippen molar-refractivity contribution < 1.29 is 9.59 Å². The Labute approximate surface area is 167 Å². The molecule has 1 aromatic carbocycles. The Morgan fingerprint density at radius 1 is 1.21 bits per heavy atom. The normalized spacial score (nSPS) is 12.8. The second-order valence-corrected chi connectivity index (χ2v) is 6.34. The van der Waals surface area contributed by atoms with Crippen LogP contribution in [-0.4, -0.2) is 40.1 Å². The van der Waals surface area contributed by atoms with Crippen LogP contribution in [0.2, 0.25) is 0 Å². The molecule has 0 aliphatic carbocycles. The molecular weight excluding hydrogens is 380 g/mol. The third kappa shape index (κ3) is 3.69. The minimum atomic E-state index is -0.346. The topological polar surface area (TPSA) is 112 Å². The first-order chi connectivity index (χ1) is 13.2. The number of halogens is 1. The third-order valence-electron chi connectivity index (χ3n) is 4.56. The van der Waals surface area contributed by atoms with Crippen LogP contribution in [0, 0.1) is 0 Å². The Morgan fingerprint density at radius 3 is 2.86 bits per heavy atom. The Balaban J connectivity index is 0.00000225. The molecule has 0 bridgehead atoms. The molecule has 1 aliphatic heterocycles. The number of benzene rings is 1. The fraction of sp³-hybridized carbons (Fsp3) is 0.263. The van der Waals surface area contributed by atoms with E-state index >= 15 is 0 Å². The highest BCUT2D eigenvalue weighted by Crippen LogP contribution is 2.22. The summed E-state index contributed by atoms with van der Waals surface area (Å²) in [6, 6.07) is 8.96. The minimum absolute atomic E-state index is 0. The average molecular weight is 401 g/mol. The number of rotatable bonds is 4. The average Bonchev–Trinajstić information content (AvgIpc) is 3.12. The van der Waals surface area contributed by atoms with Gasteiger partial charge in [-0.1, -0.05) is 18.2 Å². The van der Waals surface area contributed by atoms with Crippen LogP contribution < -0.4 is 16.0 Å². The van der Waals surface area contributed by atoms with Gasteiger partial charge in [0.25, 0.3) is 11.8 Å². The molecule has 4 N–H and O–H groups in total. The molecule has 0 atom stereocenters. The van der Waals surface area contributed by atoms with Crippen molar-refractivity contribution in [3.8, 4) is 0 Å². The molecule has 2 amide bonds. The molecule has 4 rings (SSSR count). The maximum atomic E-state index is 12.7. The molecule has 0 radical (unpaired) electrons. The number of pyridine rings is 1. The van der Waals surface area contributed by atoms with Crippen LogP contribution in [0.3, 0.4) is 0 Å². The van der Waals surface area contributed by atoms with E-state index in [0.717, 1.165) is 29.6 Å². The van der Waals surface area contributed by atoms with Crippen molar-refractivity contribution in [2.45, 2.75) is 19.9 Å². The summed E-state index contributed by atoms with van der Waals surface area (Å²) in [4.78, 5) is 29.6. The third-order valence-corrected chi connectivity index (χ3v) is 4.56. The maximum Gasteiger partial charge on any atom is 0.277 e. The van der Waals surface area contributed by atoms with Gasteiger partial charge in [0.2, 0.25) is 0 Å². The lowest BCUT2D eigenvalue weighted by Gasteiger charge is -2.13. The number of nitrogens with zero attached hydrogens (tertiary/aromatic N) is 2. The van der Waals surface area contributed by atoms with Crippen LogP contribution in [0.25, 0.3) is 10.9 Å². The van der Waals surface area contributed by atoms with E-state index in [4.69, 9.17) is 0 Å². The number of amides is 2. The zero-order valence-corrected chi connectivity index (χ0v) is 16.2. The van der Waals surface area contributed by atoms with Gasteiger partial charge in [-0.25, -0.2) is 4.98 Å². The highest BCUT2D eigenvalue weighted by atomic mass is 35.5. The monoisotopic (exact) mass is 400 g/mol. The van der Waals surface area contributed by atoms with Crippen LogP contribution in [0.1, 0.15) is 39.0 Å². The van der Waals surface area contributed by atoms with E-state index < -0.39 is 0 Å². The molecule has 3 aromatic rings. The molecule has 0 fully saturated rings. The Hall–Kier alpha value is -2.97. The molecule has 0 saturated heterocycles. The first-order valence-electron chi connectivity index (χ1n) is 8.93. The fourth-order valence-electron chi connectivity index (χ4n) is 3.27. The quantitative estimate of drug-likeness (QED) is 0.535. The van der Waals surface area contributed by atoms with E-state index in [1.807, 2.05) is 31.2 Å². The van der Waals surface area contributed by atoms with Crippen molar-refractivity contribution >= 4 is 40.9 Å². The van der Waals surface area contributed by atoms with Crippen LogP contribution in [0.5, 0.6) is 0 Å². The molecule has 3 heterocycles. The summed E-state index contributed by atoms with van der Waals surface area (Å²) in [5.74, 6) is -0.228. The lowest BCUT2D eigenvalue weighted by atomic mass is 10.1. The number of carbonyl (C=O) groups is 2. The van der Waals surface area contributed by atoms with Crippen molar-refractivity contribution in [1.29, 1.82) is 0 Å². The van der Waals surface area contributed by atoms with Gasteiger partial charge < -0.3 is 16.0 Å². The summed E-state index contributed by atoms with van der Waals surface area (Å²) in [5.41, 5.74) is 3.33. The summed E-state index contributed by atoms with van der Waals surface area (Å²) in [7, 11) is 0. The molecule has 9 heteroatoms. The van der Waals surface area contributed by atoms with Gasteiger partial charge in [0.1, 0.15) is 5.82 Å². The fourth-order valence-corrected chi connectivity index (χ4v) is 3.27. The first-order valence-corrected chi connectivity index (χ1v) is 8.93. The Morgan fingerprint density at radius 2 is 2.04 bits per heavy atom. The van der Waals surface area contributed by atoms with Crippen LogP contribution in [0.4, 0.5) is 5.82 Å². The highest BCUT2D eigenvalue weighted by molar-refractivity contribution is 6.09. The molecule has 0 saturated carbocycles. The van der Waals surface area contributed by atoms with Crippen molar-refractivity contribution in [1.82, 2.24) is 25.8 Å². The largest absolute Gasteiger partial charge is 0.352 e. The molecule has 0 spiro atoms. The molecular formula is C19H21ClN6O2. The summed E-state index contributed by atoms with van der Waals surface area (Å²) in [6.45, 7) is 3.84. The summed E-state index contributed by atoms with van der Waals surface area (Å²) < 4.78 is 0. The number of H-pyrrole nitrogens is 1. The van der Waals surface area contributed by atoms with Crippen molar-refractivity contribution in [3.63, 3.8) is 0 Å². The van der Waals surface area contributed by atoms with Crippen molar-refractivity contribution in [2.75, 3.05) is 18.4 Å². The summed E-state index contributed by atoms with van der Waals surface area (Å²) in [5, 5.41) is 16.7. The second kappa shape index (κ2) is 8.37. The van der Waals surface area contributed by atoms with E-state index in [2.05, 4.69) is 31.1 Å². The van der Waals surface area contributed by atoms with Crippen LogP contribution in [-0.2, 0) is 13.0 Å². The van der Waals surface area contributed by atoms with E-state index in [1.165, 1.54) is 0 Å². The van der Waals surface area contributed by atoms with E-state index in [9.17, 15) is 9.59 Å². The lowest BCUT2D eigenvalue weighted by molar-refractivity contribution is 0.0955. The highest BCUT2D eigenvalue weighted by Gasteiger charge is 2.22. The van der Waals surface area contributed by atoms with Crippen LogP contribution >= 0.6 is 12.4 Å². The van der Waals surface area contributed by atoms with Crippen LogP contribution in [0.15, 0.2) is 30.3 Å². The van der Waals surface area contributed by atoms with Gasteiger partial charge in [0.15, 0.2) is 5.69 Å². The smallest absolute Gasteiger partial charge is 0.277 e. The Kier molecular flexibility index (Phi) is 5.91. The van der Waals surface area contributed by atoms with Gasteiger partial charge in [0, 0.05) is 42.7 Å². The number of hydrogen-bond donors (Lipinski definition) is 4. The molecule has 1 aliphatic rings. The van der Waals surface area contributed by atoms with Gasteiger partial charge in [-0.3, -0.25) is 14.7 Å². The van der Waals surface area contributed by atoms with Gasteiger partial charge in [-0.05, 0) is 19.1 Å². The van der Waals surface area contributed by atoms with Gasteiger partial charge in [-0.15, -0.1) is 12.4 Å². The van der Waals surface area contributed by atoms with Gasteiger partial charge in [-0.2, -0.15) is 5.10 Å². The number of aromatic amines is 1. The SMILES string of the molecule is CCNC(=O)c1cc(NC(=O)c2n[nH]c3c2CNCC3)nc2ccccc12.Cl. The number of fused-ring (bicyclic) bond motifs is 2. The zero-order valence-electron chi connectivity index (χ0n) is 15.3. The second-order valence-electron chi connectivity index (χ2n) is 6.34. The molecule has 28 heavy (non-hydrogen) atoms. The number of nitrogens with one attached hydrogen (secondary N) is 4. The minimum Gasteiger partial charge on any atom is -0.352 e. The number of para-hydroxylation sites is 1. The summed E-state index contributed by atoms with van der Waals surface area (Å²) in [6.07, 6.45) is 0.811. The number of aromatic nitrogens is 3. The predicted molar refractivity (Wildman–Crippen MR) is 109 cm³/mol. The molecule has 8 nitrogen and oxygen atoms in total. The van der Waals surface area contributed by atoms with E-state index in [1.54, 1.807) is 6.07 Å². The van der Waals surface area contributed by atoms with Gasteiger partial charge in [0.05, 0.1) is 11.1 Å². The first kappa shape index (κ1) is 19.8.